The number of fused-ring (bicyclic) bond motifs is 13. The van der Waals surface area contributed by atoms with Crippen LogP contribution in [0.5, 0.6) is 0 Å². The standard InChI is InChI=1S/C49H28N2S/c1-2-11-29(12-3-1)47-38-23-22-36-39-26-32(21-24-45(39)52-49(36)46(38)37-17-4-7-18-42(37)50-47)30-13-10-14-31(25-30)33-27-40-34-15-5-8-19-43(34)51-44-20-9-6-16-35(44)41(28-33)48(40)51/h1-28H. The van der Waals surface area contributed by atoms with E-state index in [1.54, 1.807) is 0 Å². The average Bonchev–Trinajstić information content (AvgIpc) is 3.87. The Kier molecular flexibility index (Phi) is 5.68. The molecule has 2 nitrogen and oxygen atoms in total. The Hall–Kier alpha value is -6.55. The molecule has 0 N–H and O–H groups in total. The number of benzene rings is 8. The summed E-state index contributed by atoms with van der Waals surface area (Å²) in [4.78, 5) is 5.18. The fourth-order valence-electron chi connectivity index (χ4n) is 8.76. The van der Waals surface area contributed by atoms with Gasteiger partial charge in [0.2, 0.25) is 0 Å². The van der Waals surface area contributed by atoms with Gasteiger partial charge in [-0.3, -0.25) is 0 Å². The number of hydrogen-bond acceptors (Lipinski definition) is 2. The van der Waals surface area contributed by atoms with Crippen LogP contribution in [0.3, 0.4) is 0 Å². The second-order valence-electron chi connectivity index (χ2n) is 13.9. The first kappa shape index (κ1) is 28.2. The molecule has 12 rings (SSSR count). The molecule has 12 aromatic rings. The van der Waals surface area contributed by atoms with Gasteiger partial charge in [0.05, 0.1) is 27.8 Å². The van der Waals surface area contributed by atoms with E-state index in [4.69, 9.17) is 4.98 Å². The van der Waals surface area contributed by atoms with Crippen LogP contribution in [-0.4, -0.2) is 9.38 Å². The molecule has 4 heterocycles. The summed E-state index contributed by atoms with van der Waals surface area (Å²) >= 11 is 1.89. The molecule has 0 radical (unpaired) electrons. The minimum atomic E-state index is 1.03. The third-order valence-corrected chi connectivity index (χ3v) is 12.3. The first-order valence-electron chi connectivity index (χ1n) is 17.8. The molecule has 0 fully saturated rings. The zero-order chi connectivity index (χ0) is 33.9. The Morgan fingerprint density at radius 2 is 0.981 bits per heavy atom. The number of hydrogen-bond donors (Lipinski definition) is 0. The van der Waals surface area contributed by atoms with Crippen molar-refractivity contribution in [3.63, 3.8) is 0 Å². The smallest absolute Gasteiger partial charge is 0.0788 e. The van der Waals surface area contributed by atoms with Gasteiger partial charge in [0.15, 0.2) is 0 Å². The highest BCUT2D eigenvalue weighted by Gasteiger charge is 2.19. The van der Waals surface area contributed by atoms with Gasteiger partial charge in [-0.15, -0.1) is 11.3 Å². The summed E-state index contributed by atoms with van der Waals surface area (Å²) in [5.74, 6) is 0. The lowest BCUT2D eigenvalue weighted by molar-refractivity contribution is 1.37. The average molecular weight is 677 g/mol. The molecule has 0 saturated heterocycles. The third kappa shape index (κ3) is 3.86. The Morgan fingerprint density at radius 3 is 1.75 bits per heavy atom. The van der Waals surface area contributed by atoms with Gasteiger partial charge < -0.3 is 4.40 Å². The lowest BCUT2D eigenvalue weighted by atomic mass is 9.95. The summed E-state index contributed by atoms with van der Waals surface area (Å²) in [5.41, 5.74) is 12.0. The fourth-order valence-corrected chi connectivity index (χ4v) is 10.0. The van der Waals surface area contributed by atoms with Crippen molar-refractivity contribution in [3.8, 4) is 33.5 Å². The van der Waals surface area contributed by atoms with Crippen LogP contribution in [0.15, 0.2) is 170 Å². The third-order valence-electron chi connectivity index (χ3n) is 11.1. The Balaban J connectivity index is 1.05. The van der Waals surface area contributed by atoms with Crippen molar-refractivity contribution in [3.05, 3.63) is 170 Å². The quantitative estimate of drug-likeness (QED) is 0.170. The van der Waals surface area contributed by atoms with Gasteiger partial charge in [0.1, 0.15) is 0 Å². The van der Waals surface area contributed by atoms with Crippen molar-refractivity contribution in [2.24, 2.45) is 0 Å². The molecule has 0 atom stereocenters. The maximum atomic E-state index is 5.18. The lowest BCUT2D eigenvalue weighted by Gasteiger charge is -2.11. The van der Waals surface area contributed by atoms with E-state index in [1.165, 1.54) is 96.7 Å². The number of aromatic nitrogens is 2. The molecular formula is C49H28N2S. The first-order valence-corrected chi connectivity index (χ1v) is 18.6. The number of pyridine rings is 1. The predicted molar refractivity (Wildman–Crippen MR) is 223 cm³/mol. The van der Waals surface area contributed by atoms with Crippen molar-refractivity contribution < 1.29 is 0 Å². The second kappa shape index (κ2) is 10.5. The zero-order valence-corrected chi connectivity index (χ0v) is 28.8. The molecule has 8 aromatic carbocycles. The molecule has 0 aliphatic heterocycles. The Morgan fingerprint density at radius 1 is 0.385 bits per heavy atom. The monoisotopic (exact) mass is 676 g/mol. The molecule has 3 heteroatoms. The van der Waals surface area contributed by atoms with Crippen LogP contribution in [0, 0.1) is 0 Å². The summed E-state index contributed by atoms with van der Waals surface area (Å²) in [5, 5.41) is 11.5. The molecule has 0 amide bonds. The Bertz CT molecular complexity index is 3320. The first-order chi connectivity index (χ1) is 25.8. The van der Waals surface area contributed by atoms with Gasteiger partial charge in [-0.1, -0.05) is 121 Å². The highest BCUT2D eigenvalue weighted by molar-refractivity contribution is 7.26. The van der Waals surface area contributed by atoms with Crippen molar-refractivity contribution in [1.82, 2.24) is 9.38 Å². The maximum absolute atomic E-state index is 5.18. The lowest BCUT2D eigenvalue weighted by Crippen LogP contribution is -1.89. The topological polar surface area (TPSA) is 17.3 Å². The summed E-state index contributed by atoms with van der Waals surface area (Å²) in [6.45, 7) is 0. The van der Waals surface area contributed by atoms with E-state index in [9.17, 15) is 0 Å². The van der Waals surface area contributed by atoms with Crippen LogP contribution in [0.1, 0.15) is 0 Å². The normalized spacial score (nSPS) is 12.2. The number of para-hydroxylation sites is 3. The zero-order valence-electron chi connectivity index (χ0n) is 28.0. The minimum absolute atomic E-state index is 1.03. The van der Waals surface area contributed by atoms with E-state index >= 15 is 0 Å². The van der Waals surface area contributed by atoms with Gasteiger partial charge in [0.25, 0.3) is 0 Å². The highest BCUT2D eigenvalue weighted by Crippen LogP contribution is 2.45. The van der Waals surface area contributed by atoms with E-state index < -0.39 is 0 Å². The van der Waals surface area contributed by atoms with Crippen molar-refractivity contribution in [2.45, 2.75) is 0 Å². The van der Waals surface area contributed by atoms with Crippen LogP contribution in [0.2, 0.25) is 0 Å². The molecular weight excluding hydrogens is 649 g/mol. The predicted octanol–water partition coefficient (Wildman–Crippen LogP) is 13.9. The molecule has 4 aromatic heterocycles. The number of nitrogens with zero attached hydrogens (tertiary/aromatic N) is 2. The van der Waals surface area contributed by atoms with Gasteiger partial charge in [0, 0.05) is 63.4 Å². The van der Waals surface area contributed by atoms with Gasteiger partial charge >= 0.3 is 0 Å². The molecule has 0 bridgehead atoms. The summed E-state index contributed by atoms with van der Waals surface area (Å²) < 4.78 is 5.06. The van der Waals surface area contributed by atoms with Gasteiger partial charge in [-0.25, -0.2) is 4.98 Å². The van der Waals surface area contributed by atoms with E-state index in [1.807, 2.05) is 11.3 Å². The molecule has 0 aliphatic rings. The summed E-state index contributed by atoms with van der Waals surface area (Å²) in [7, 11) is 0. The highest BCUT2D eigenvalue weighted by atomic mass is 32.1. The number of thiophene rings is 1. The fraction of sp³-hybridized carbons (Fsp3) is 0. The Labute approximate surface area is 302 Å². The molecule has 0 aliphatic carbocycles. The van der Waals surface area contributed by atoms with E-state index in [0.717, 1.165) is 16.8 Å². The maximum Gasteiger partial charge on any atom is 0.0788 e. The van der Waals surface area contributed by atoms with Crippen LogP contribution in [-0.2, 0) is 0 Å². The summed E-state index contributed by atoms with van der Waals surface area (Å²) in [6, 6.07) is 62.2. The van der Waals surface area contributed by atoms with Gasteiger partial charge in [-0.05, 0) is 70.8 Å². The van der Waals surface area contributed by atoms with Crippen LogP contribution >= 0.6 is 11.3 Å². The van der Waals surface area contributed by atoms with E-state index in [-0.39, 0.29) is 0 Å². The van der Waals surface area contributed by atoms with Gasteiger partial charge in [-0.2, -0.15) is 0 Å². The van der Waals surface area contributed by atoms with Crippen molar-refractivity contribution in [2.75, 3.05) is 0 Å². The number of rotatable bonds is 3. The van der Waals surface area contributed by atoms with Crippen LogP contribution in [0.4, 0.5) is 0 Å². The molecule has 0 spiro atoms. The van der Waals surface area contributed by atoms with Crippen LogP contribution < -0.4 is 0 Å². The SMILES string of the molecule is c1ccc(-c2nc3ccccc3c3c2ccc2c4cc(-c5cccc(-c6cc7c8ccccc8n8c9ccccc9c(c6)c78)c5)ccc4sc23)cc1. The molecule has 240 valence electrons. The molecule has 0 unspecified atom stereocenters. The molecule has 52 heavy (non-hydrogen) atoms. The van der Waals surface area contributed by atoms with E-state index in [2.05, 4.69) is 174 Å². The minimum Gasteiger partial charge on any atom is -0.308 e. The van der Waals surface area contributed by atoms with Crippen LogP contribution in [0.25, 0.3) is 113 Å². The summed E-state index contributed by atoms with van der Waals surface area (Å²) in [6.07, 6.45) is 0. The van der Waals surface area contributed by atoms with Crippen molar-refractivity contribution >= 4 is 91.3 Å². The largest absolute Gasteiger partial charge is 0.308 e. The second-order valence-corrected chi connectivity index (χ2v) is 14.9. The van der Waals surface area contributed by atoms with Crippen molar-refractivity contribution in [1.29, 1.82) is 0 Å². The molecule has 0 saturated carbocycles. The van der Waals surface area contributed by atoms with E-state index in [0.29, 0.717) is 0 Å².